The van der Waals surface area contributed by atoms with Crippen LogP contribution in [-0.4, -0.2) is 18.6 Å². The van der Waals surface area contributed by atoms with Crippen molar-refractivity contribution in [3.8, 4) is 0 Å². The van der Waals surface area contributed by atoms with Crippen LogP contribution in [0.1, 0.15) is 31.4 Å². The van der Waals surface area contributed by atoms with Gasteiger partial charge in [-0.25, -0.2) is 0 Å². The van der Waals surface area contributed by atoms with E-state index in [1.165, 1.54) is 0 Å². The van der Waals surface area contributed by atoms with Gasteiger partial charge in [-0.3, -0.25) is 4.79 Å². The first-order chi connectivity index (χ1) is 7.77. The molecule has 1 aliphatic heterocycles. The standard InChI is InChI=1S/C13H17NO2/c1-10(11-6-3-2-4-7-11)14-13(15)12-8-5-9-16-12/h2-4,6-7,10,12H,5,8-9H2,1H3,(H,14,15)/t10?,12-/m1/s1. The van der Waals surface area contributed by atoms with Crippen molar-refractivity contribution in [2.45, 2.75) is 31.9 Å². The molecule has 0 aromatic heterocycles. The number of rotatable bonds is 3. The van der Waals surface area contributed by atoms with Gasteiger partial charge in [-0.15, -0.1) is 0 Å². The smallest absolute Gasteiger partial charge is 0.249 e. The van der Waals surface area contributed by atoms with Gasteiger partial charge in [-0.05, 0) is 25.3 Å². The minimum Gasteiger partial charge on any atom is -0.368 e. The Bertz CT molecular complexity index is 344. The van der Waals surface area contributed by atoms with Crippen LogP contribution < -0.4 is 5.32 Å². The third kappa shape index (κ3) is 2.61. The minimum atomic E-state index is -0.244. The number of ether oxygens (including phenoxy) is 1. The summed E-state index contributed by atoms with van der Waals surface area (Å²) in [5, 5.41) is 2.97. The third-order valence-corrected chi connectivity index (χ3v) is 2.88. The van der Waals surface area contributed by atoms with Gasteiger partial charge in [0, 0.05) is 6.61 Å². The van der Waals surface area contributed by atoms with Crippen LogP contribution in [0.15, 0.2) is 30.3 Å². The average molecular weight is 219 g/mol. The van der Waals surface area contributed by atoms with Crippen molar-refractivity contribution in [2.24, 2.45) is 0 Å². The second kappa shape index (κ2) is 5.12. The number of carbonyl (C=O) groups excluding carboxylic acids is 1. The van der Waals surface area contributed by atoms with Gasteiger partial charge in [-0.1, -0.05) is 30.3 Å². The SMILES string of the molecule is CC(NC(=O)[C@H]1CCCO1)c1ccccc1. The fourth-order valence-electron chi connectivity index (χ4n) is 1.92. The number of carbonyl (C=O) groups is 1. The topological polar surface area (TPSA) is 38.3 Å². The summed E-state index contributed by atoms with van der Waals surface area (Å²) >= 11 is 0. The zero-order valence-corrected chi connectivity index (χ0v) is 9.48. The molecular formula is C13H17NO2. The highest BCUT2D eigenvalue weighted by Gasteiger charge is 2.24. The van der Waals surface area contributed by atoms with Crippen molar-refractivity contribution in [1.82, 2.24) is 5.32 Å². The molecule has 0 aliphatic carbocycles. The summed E-state index contributed by atoms with van der Waals surface area (Å²) in [5.74, 6) is 0.00820. The molecule has 1 heterocycles. The van der Waals surface area contributed by atoms with Crippen LogP contribution in [-0.2, 0) is 9.53 Å². The van der Waals surface area contributed by atoms with Crippen molar-refractivity contribution in [3.05, 3.63) is 35.9 Å². The van der Waals surface area contributed by atoms with E-state index in [2.05, 4.69) is 5.32 Å². The molecule has 1 aromatic carbocycles. The maximum atomic E-state index is 11.8. The maximum Gasteiger partial charge on any atom is 0.249 e. The van der Waals surface area contributed by atoms with Crippen LogP contribution in [0.4, 0.5) is 0 Å². The Morgan fingerprint density at radius 3 is 2.81 bits per heavy atom. The van der Waals surface area contributed by atoms with Crippen molar-refractivity contribution < 1.29 is 9.53 Å². The number of benzene rings is 1. The lowest BCUT2D eigenvalue weighted by Gasteiger charge is -2.16. The lowest BCUT2D eigenvalue weighted by molar-refractivity contribution is -0.130. The fraction of sp³-hybridized carbons (Fsp3) is 0.462. The Kier molecular flexibility index (Phi) is 3.57. The monoisotopic (exact) mass is 219 g/mol. The molecule has 1 amide bonds. The Morgan fingerprint density at radius 2 is 2.19 bits per heavy atom. The van der Waals surface area contributed by atoms with E-state index in [4.69, 9.17) is 4.74 Å². The molecule has 0 spiro atoms. The summed E-state index contributed by atoms with van der Waals surface area (Å²) in [4.78, 5) is 11.8. The van der Waals surface area contributed by atoms with Gasteiger partial charge in [-0.2, -0.15) is 0 Å². The molecule has 3 heteroatoms. The summed E-state index contributed by atoms with van der Waals surface area (Å²) in [6.45, 7) is 2.69. The lowest BCUT2D eigenvalue weighted by atomic mass is 10.1. The quantitative estimate of drug-likeness (QED) is 0.844. The first kappa shape index (κ1) is 11.1. The van der Waals surface area contributed by atoms with Gasteiger partial charge in [0.1, 0.15) is 6.10 Å². The van der Waals surface area contributed by atoms with E-state index in [1.54, 1.807) is 0 Å². The largest absolute Gasteiger partial charge is 0.368 e. The van der Waals surface area contributed by atoms with E-state index < -0.39 is 0 Å². The molecule has 0 radical (unpaired) electrons. The second-order valence-corrected chi connectivity index (χ2v) is 4.14. The second-order valence-electron chi connectivity index (χ2n) is 4.14. The van der Waals surface area contributed by atoms with Crippen molar-refractivity contribution >= 4 is 5.91 Å². The molecule has 1 saturated heterocycles. The third-order valence-electron chi connectivity index (χ3n) is 2.88. The normalized spacial score (nSPS) is 21.7. The molecule has 1 aliphatic rings. The van der Waals surface area contributed by atoms with Crippen LogP contribution in [0.3, 0.4) is 0 Å². The number of hydrogen-bond acceptors (Lipinski definition) is 2. The van der Waals surface area contributed by atoms with E-state index in [0.717, 1.165) is 18.4 Å². The van der Waals surface area contributed by atoms with Gasteiger partial charge in [0.15, 0.2) is 0 Å². The van der Waals surface area contributed by atoms with Crippen LogP contribution >= 0.6 is 0 Å². The summed E-state index contributed by atoms with van der Waals surface area (Å²) in [6, 6.07) is 9.99. The first-order valence-electron chi connectivity index (χ1n) is 5.74. The molecule has 16 heavy (non-hydrogen) atoms. The maximum absolute atomic E-state index is 11.8. The van der Waals surface area contributed by atoms with E-state index >= 15 is 0 Å². The molecule has 86 valence electrons. The van der Waals surface area contributed by atoms with Crippen molar-refractivity contribution in [2.75, 3.05) is 6.61 Å². The van der Waals surface area contributed by atoms with E-state index in [-0.39, 0.29) is 18.1 Å². The average Bonchev–Trinajstić information content (AvgIpc) is 2.83. The zero-order chi connectivity index (χ0) is 11.4. The highest BCUT2D eigenvalue weighted by molar-refractivity contribution is 5.81. The van der Waals surface area contributed by atoms with Crippen LogP contribution in [0.5, 0.6) is 0 Å². The van der Waals surface area contributed by atoms with Crippen LogP contribution in [0, 0.1) is 0 Å². The molecule has 1 N–H and O–H groups in total. The molecule has 3 nitrogen and oxygen atoms in total. The molecule has 1 unspecified atom stereocenters. The summed E-state index contributed by atoms with van der Waals surface area (Å²) in [5.41, 5.74) is 1.12. The highest BCUT2D eigenvalue weighted by atomic mass is 16.5. The number of amides is 1. The van der Waals surface area contributed by atoms with Gasteiger partial charge in [0.25, 0.3) is 0 Å². The number of hydrogen-bond donors (Lipinski definition) is 1. The van der Waals surface area contributed by atoms with E-state index in [1.807, 2.05) is 37.3 Å². The molecule has 0 saturated carbocycles. The molecular weight excluding hydrogens is 202 g/mol. The predicted molar refractivity (Wildman–Crippen MR) is 62.0 cm³/mol. The van der Waals surface area contributed by atoms with Gasteiger partial charge < -0.3 is 10.1 Å². The molecule has 2 atom stereocenters. The predicted octanol–water partition coefficient (Wildman–Crippen LogP) is 2.04. The zero-order valence-electron chi connectivity index (χ0n) is 9.48. The molecule has 0 bridgehead atoms. The minimum absolute atomic E-state index is 0.00820. The Labute approximate surface area is 95.8 Å². The van der Waals surface area contributed by atoms with Gasteiger partial charge >= 0.3 is 0 Å². The van der Waals surface area contributed by atoms with Gasteiger partial charge in [0.05, 0.1) is 6.04 Å². The Morgan fingerprint density at radius 1 is 1.44 bits per heavy atom. The summed E-state index contributed by atoms with van der Waals surface area (Å²) in [7, 11) is 0. The molecule has 1 aromatic rings. The van der Waals surface area contributed by atoms with E-state index in [9.17, 15) is 4.79 Å². The van der Waals surface area contributed by atoms with Gasteiger partial charge in [0.2, 0.25) is 5.91 Å². The summed E-state index contributed by atoms with van der Waals surface area (Å²) < 4.78 is 5.34. The van der Waals surface area contributed by atoms with Crippen LogP contribution in [0.25, 0.3) is 0 Å². The van der Waals surface area contributed by atoms with Crippen molar-refractivity contribution in [1.29, 1.82) is 0 Å². The first-order valence-corrected chi connectivity index (χ1v) is 5.74. The van der Waals surface area contributed by atoms with Crippen LogP contribution in [0.2, 0.25) is 0 Å². The highest BCUT2D eigenvalue weighted by Crippen LogP contribution is 2.15. The Balaban J connectivity index is 1.92. The van der Waals surface area contributed by atoms with Crippen molar-refractivity contribution in [3.63, 3.8) is 0 Å². The Hall–Kier alpha value is -1.35. The number of nitrogens with one attached hydrogen (secondary N) is 1. The van der Waals surface area contributed by atoms with E-state index in [0.29, 0.717) is 6.61 Å². The summed E-state index contributed by atoms with van der Waals surface area (Å²) in [6.07, 6.45) is 1.58. The lowest BCUT2D eigenvalue weighted by Crippen LogP contribution is -2.35. The fourth-order valence-corrected chi connectivity index (χ4v) is 1.92. The molecule has 2 rings (SSSR count). The molecule has 1 fully saturated rings.